The van der Waals surface area contributed by atoms with Gasteiger partial charge in [-0.15, -0.1) is 35.3 Å². The molecule has 0 radical (unpaired) electrons. The van der Waals surface area contributed by atoms with E-state index in [0.29, 0.717) is 12.5 Å². The molecular formula is C17H24IN3OS. The zero-order valence-electron chi connectivity index (χ0n) is 13.7. The van der Waals surface area contributed by atoms with Crippen molar-refractivity contribution in [2.24, 2.45) is 4.99 Å². The number of aliphatic imine (C=N–C) groups is 1. The average Bonchev–Trinajstić information content (AvgIpc) is 3.09. The number of nitrogens with zero attached hydrogens (tertiary/aromatic N) is 1. The number of hydrogen-bond donors (Lipinski definition) is 2. The van der Waals surface area contributed by atoms with Crippen LogP contribution in [-0.4, -0.2) is 26.7 Å². The van der Waals surface area contributed by atoms with E-state index in [2.05, 4.69) is 46.1 Å². The SMILES string of the molecule is CN=C(NCc1cccc(OC)c1)NCC(C)c1cccs1.I. The van der Waals surface area contributed by atoms with Crippen LogP contribution >= 0.6 is 35.3 Å². The van der Waals surface area contributed by atoms with Crippen LogP contribution in [0.2, 0.25) is 0 Å². The highest BCUT2D eigenvalue weighted by atomic mass is 127. The number of benzene rings is 1. The third kappa shape index (κ3) is 6.39. The lowest BCUT2D eigenvalue weighted by Crippen LogP contribution is -2.38. The lowest BCUT2D eigenvalue weighted by atomic mass is 10.1. The van der Waals surface area contributed by atoms with Gasteiger partial charge in [0.1, 0.15) is 5.75 Å². The molecule has 0 aliphatic heterocycles. The summed E-state index contributed by atoms with van der Waals surface area (Å²) in [6.07, 6.45) is 0. The van der Waals surface area contributed by atoms with Gasteiger partial charge in [0.15, 0.2) is 5.96 Å². The number of guanidine groups is 1. The van der Waals surface area contributed by atoms with Crippen molar-refractivity contribution in [3.8, 4) is 5.75 Å². The van der Waals surface area contributed by atoms with Crippen molar-refractivity contribution in [2.45, 2.75) is 19.4 Å². The molecule has 4 nitrogen and oxygen atoms in total. The Morgan fingerprint density at radius 2 is 2.09 bits per heavy atom. The number of thiophene rings is 1. The van der Waals surface area contributed by atoms with Crippen LogP contribution in [0.5, 0.6) is 5.75 Å². The van der Waals surface area contributed by atoms with E-state index in [1.54, 1.807) is 25.5 Å². The van der Waals surface area contributed by atoms with E-state index in [9.17, 15) is 0 Å². The lowest BCUT2D eigenvalue weighted by molar-refractivity contribution is 0.414. The average molecular weight is 445 g/mol. The van der Waals surface area contributed by atoms with Crippen molar-refractivity contribution in [1.82, 2.24) is 10.6 Å². The monoisotopic (exact) mass is 445 g/mol. The Bertz CT molecular complexity index is 602. The fraction of sp³-hybridized carbons (Fsp3) is 0.353. The number of rotatable bonds is 6. The molecule has 23 heavy (non-hydrogen) atoms. The minimum Gasteiger partial charge on any atom is -0.497 e. The van der Waals surface area contributed by atoms with E-state index in [1.807, 2.05) is 18.2 Å². The smallest absolute Gasteiger partial charge is 0.191 e. The van der Waals surface area contributed by atoms with Gasteiger partial charge in [-0.1, -0.05) is 25.1 Å². The summed E-state index contributed by atoms with van der Waals surface area (Å²) < 4.78 is 5.24. The summed E-state index contributed by atoms with van der Waals surface area (Å²) in [4.78, 5) is 5.65. The summed E-state index contributed by atoms with van der Waals surface area (Å²) in [5.74, 6) is 2.15. The number of ether oxygens (including phenoxy) is 1. The van der Waals surface area contributed by atoms with Crippen molar-refractivity contribution in [2.75, 3.05) is 20.7 Å². The zero-order valence-corrected chi connectivity index (χ0v) is 16.9. The molecule has 0 saturated carbocycles. The first-order valence-corrected chi connectivity index (χ1v) is 8.21. The molecule has 2 aromatic rings. The van der Waals surface area contributed by atoms with Gasteiger partial charge < -0.3 is 15.4 Å². The predicted octanol–water partition coefficient (Wildman–Crippen LogP) is 3.84. The minimum atomic E-state index is 0. The minimum absolute atomic E-state index is 0. The molecule has 2 rings (SSSR count). The second-order valence-electron chi connectivity index (χ2n) is 5.07. The lowest BCUT2D eigenvalue weighted by Gasteiger charge is -2.15. The molecule has 0 spiro atoms. The topological polar surface area (TPSA) is 45.7 Å². The highest BCUT2D eigenvalue weighted by Crippen LogP contribution is 2.19. The molecule has 0 aliphatic rings. The number of nitrogens with one attached hydrogen (secondary N) is 2. The van der Waals surface area contributed by atoms with Crippen molar-refractivity contribution in [3.05, 3.63) is 52.2 Å². The molecular weight excluding hydrogens is 421 g/mol. The molecule has 0 saturated heterocycles. The van der Waals surface area contributed by atoms with Crippen LogP contribution in [-0.2, 0) is 6.54 Å². The highest BCUT2D eigenvalue weighted by Gasteiger charge is 2.07. The standard InChI is InChI=1S/C17H23N3OS.HI/c1-13(16-8-5-9-22-16)11-19-17(18-2)20-12-14-6-4-7-15(10-14)21-3;/h4-10,13H,11-12H2,1-3H3,(H2,18,19,20);1H. The van der Waals surface area contributed by atoms with Crippen molar-refractivity contribution >= 4 is 41.3 Å². The summed E-state index contributed by atoms with van der Waals surface area (Å²) in [5, 5.41) is 8.81. The summed E-state index contributed by atoms with van der Waals surface area (Å²) in [6.45, 7) is 3.79. The van der Waals surface area contributed by atoms with Gasteiger partial charge in [0.05, 0.1) is 7.11 Å². The molecule has 2 N–H and O–H groups in total. The normalized spacial score (nSPS) is 12.2. The molecule has 1 unspecified atom stereocenters. The van der Waals surface area contributed by atoms with Gasteiger partial charge >= 0.3 is 0 Å². The van der Waals surface area contributed by atoms with Crippen LogP contribution in [0.4, 0.5) is 0 Å². The maximum atomic E-state index is 5.24. The van der Waals surface area contributed by atoms with Gasteiger partial charge in [-0.2, -0.15) is 0 Å². The van der Waals surface area contributed by atoms with Gasteiger partial charge in [0, 0.05) is 30.9 Å². The Morgan fingerprint density at radius 1 is 1.26 bits per heavy atom. The molecule has 126 valence electrons. The molecule has 6 heteroatoms. The number of halogens is 1. The van der Waals surface area contributed by atoms with E-state index >= 15 is 0 Å². The second-order valence-corrected chi connectivity index (χ2v) is 6.05. The van der Waals surface area contributed by atoms with Crippen LogP contribution in [0.25, 0.3) is 0 Å². The summed E-state index contributed by atoms with van der Waals surface area (Å²) in [6, 6.07) is 12.3. The van der Waals surface area contributed by atoms with Gasteiger partial charge in [0.2, 0.25) is 0 Å². The highest BCUT2D eigenvalue weighted by molar-refractivity contribution is 14.0. The van der Waals surface area contributed by atoms with E-state index in [1.165, 1.54) is 4.88 Å². The number of hydrogen-bond acceptors (Lipinski definition) is 3. The van der Waals surface area contributed by atoms with Crippen LogP contribution in [0.3, 0.4) is 0 Å². The molecule has 0 bridgehead atoms. The van der Waals surface area contributed by atoms with Crippen LogP contribution in [0, 0.1) is 0 Å². The Morgan fingerprint density at radius 3 is 2.74 bits per heavy atom. The fourth-order valence-electron chi connectivity index (χ4n) is 2.11. The fourth-order valence-corrected chi connectivity index (χ4v) is 2.90. The van der Waals surface area contributed by atoms with Crippen LogP contribution < -0.4 is 15.4 Å². The number of methoxy groups -OCH3 is 1. The molecule has 0 aliphatic carbocycles. The van der Waals surface area contributed by atoms with Crippen LogP contribution in [0.15, 0.2) is 46.8 Å². The molecule has 1 atom stereocenters. The summed E-state index contributed by atoms with van der Waals surface area (Å²) in [5.41, 5.74) is 1.16. The quantitative estimate of drug-likeness (QED) is 0.404. The second kappa shape index (κ2) is 10.5. The van der Waals surface area contributed by atoms with Gasteiger partial charge in [-0.05, 0) is 29.1 Å². The Hall–Kier alpha value is -1.28. The van der Waals surface area contributed by atoms with Crippen molar-refractivity contribution in [3.63, 3.8) is 0 Å². The molecule has 0 fully saturated rings. The molecule has 1 heterocycles. The maximum Gasteiger partial charge on any atom is 0.191 e. The first-order valence-electron chi connectivity index (χ1n) is 7.33. The first kappa shape index (κ1) is 19.8. The van der Waals surface area contributed by atoms with E-state index < -0.39 is 0 Å². The Labute approximate surface area is 159 Å². The summed E-state index contributed by atoms with van der Waals surface area (Å²) >= 11 is 1.79. The Kier molecular flexibility index (Phi) is 9.01. The first-order chi connectivity index (χ1) is 10.7. The predicted molar refractivity (Wildman–Crippen MR) is 109 cm³/mol. The largest absolute Gasteiger partial charge is 0.497 e. The van der Waals surface area contributed by atoms with Gasteiger partial charge in [-0.3, -0.25) is 4.99 Å². The van der Waals surface area contributed by atoms with E-state index in [0.717, 1.165) is 23.8 Å². The van der Waals surface area contributed by atoms with Gasteiger partial charge in [-0.25, -0.2) is 0 Å². The molecule has 1 aromatic heterocycles. The van der Waals surface area contributed by atoms with Crippen LogP contribution in [0.1, 0.15) is 23.3 Å². The maximum absolute atomic E-state index is 5.24. The van der Waals surface area contributed by atoms with Gasteiger partial charge in [0.25, 0.3) is 0 Å². The van der Waals surface area contributed by atoms with E-state index in [4.69, 9.17) is 4.74 Å². The molecule has 1 aromatic carbocycles. The third-order valence-electron chi connectivity index (χ3n) is 3.42. The summed E-state index contributed by atoms with van der Waals surface area (Å²) in [7, 11) is 3.47. The Balaban J connectivity index is 0.00000264. The zero-order chi connectivity index (χ0) is 15.8. The van der Waals surface area contributed by atoms with Crippen molar-refractivity contribution in [1.29, 1.82) is 0 Å². The third-order valence-corrected chi connectivity index (χ3v) is 4.53. The molecule has 0 amide bonds. The van der Waals surface area contributed by atoms with E-state index in [-0.39, 0.29) is 24.0 Å². The van der Waals surface area contributed by atoms with Crippen molar-refractivity contribution < 1.29 is 4.74 Å².